The van der Waals surface area contributed by atoms with E-state index in [0.717, 1.165) is 24.8 Å². The van der Waals surface area contributed by atoms with Gasteiger partial charge in [-0.3, -0.25) is 0 Å². The predicted molar refractivity (Wildman–Crippen MR) is 70.9 cm³/mol. The van der Waals surface area contributed by atoms with E-state index in [9.17, 15) is 0 Å². The molecule has 1 aliphatic heterocycles. The number of benzene rings is 1. The maximum absolute atomic E-state index is 6.25. The molecule has 1 saturated carbocycles. The first-order valence-electron chi connectivity index (χ1n) is 6.78. The highest BCUT2D eigenvalue weighted by molar-refractivity contribution is 5.39. The highest BCUT2D eigenvalue weighted by Crippen LogP contribution is 2.39. The number of ether oxygens (including phenoxy) is 2. The van der Waals surface area contributed by atoms with Gasteiger partial charge in [0.25, 0.3) is 0 Å². The molecule has 2 atom stereocenters. The lowest BCUT2D eigenvalue weighted by Gasteiger charge is -2.32. The number of hydrogen-bond acceptors (Lipinski definition) is 3. The van der Waals surface area contributed by atoms with Crippen LogP contribution < -0.4 is 10.1 Å². The van der Waals surface area contributed by atoms with Gasteiger partial charge in [-0.2, -0.15) is 0 Å². The second-order valence-corrected chi connectivity index (χ2v) is 5.40. The number of morpholine rings is 1. The molecule has 2 fully saturated rings. The maximum atomic E-state index is 6.25. The molecule has 2 aliphatic rings. The molecule has 3 heteroatoms. The molecule has 1 aromatic carbocycles. The van der Waals surface area contributed by atoms with E-state index in [-0.39, 0.29) is 6.10 Å². The Bertz CT molecular complexity index is 429. The van der Waals surface area contributed by atoms with Crippen LogP contribution in [0.4, 0.5) is 0 Å². The fraction of sp³-hybridized carbons (Fsp3) is 0.600. The summed E-state index contributed by atoms with van der Waals surface area (Å²) in [6, 6.07) is 6.30. The molecule has 3 nitrogen and oxygen atoms in total. The van der Waals surface area contributed by atoms with Crippen molar-refractivity contribution in [2.45, 2.75) is 32.0 Å². The summed E-state index contributed by atoms with van der Waals surface area (Å²) in [6.45, 7) is 3.98. The maximum Gasteiger partial charge on any atom is 0.124 e. The monoisotopic (exact) mass is 247 g/mol. The van der Waals surface area contributed by atoms with E-state index in [0.29, 0.717) is 6.10 Å². The van der Waals surface area contributed by atoms with Crippen LogP contribution in [0.3, 0.4) is 0 Å². The average Bonchev–Trinajstić information content (AvgIpc) is 3.23. The Morgan fingerprint density at radius 1 is 1.28 bits per heavy atom. The Morgan fingerprint density at radius 3 is 2.83 bits per heavy atom. The van der Waals surface area contributed by atoms with Gasteiger partial charge in [0.1, 0.15) is 5.75 Å². The van der Waals surface area contributed by atoms with Crippen LogP contribution in [-0.4, -0.2) is 26.3 Å². The van der Waals surface area contributed by atoms with Crippen LogP contribution in [0.2, 0.25) is 0 Å². The van der Waals surface area contributed by atoms with E-state index in [1.807, 2.05) is 6.07 Å². The fourth-order valence-electron chi connectivity index (χ4n) is 2.70. The van der Waals surface area contributed by atoms with Gasteiger partial charge in [-0.15, -0.1) is 0 Å². The van der Waals surface area contributed by atoms with E-state index in [1.54, 1.807) is 7.11 Å². The van der Waals surface area contributed by atoms with Crippen LogP contribution in [0.25, 0.3) is 0 Å². The molecule has 1 aromatic rings. The first kappa shape index (κ1) is 12.0. The van der Waals surface area contributed by atoms with Crippen LogP contribution in [0.1, 0.15) is 30.1 Å². The van der Waals surface area contributed by atoms with Crippen LogP contribution in [0, 0.1) is 12.8 Å². The Balaban J connectivity index is 1.81. The van der Waals surface area contributed by atoms with E-state index >= 15 is 0 Å². The number of methoxy groups -OCH3 is 1. The molecule has 0 bridgehead atoms. The minimum atomic E-state index is 0.124. The first-order valence-corrected chi connectivity index (χ1v) is 6.78. The van der Waals surface area contributed by atoms with Crippen molar-refractivity contribution in [3.63, 3.8) is 0 Å². The fourth-order valence-corrected chi connectivity index (χ4v) is 2.70. The minimum Gasteiger partial charge on any atom is -0.496 e. The van der Waals surface area contributed by atoms with Gasteiger partial charge >= 0.3 is 0 Å². The lowest BCUT2D eigenvalue weighted by atomic mass is 10.0. The van der Waals surface area contributed by atoms with Crippen LogP contribution in [-0.2, 0) is 4.74 Å². The van der Waals surface area contributed by atoms with Crippen molar-refractivity contribution < 1.29 is 9.47 Å². The second-order valence-electron chi connectivity index (χ2n) is 5.40. The molecule has 98 valence electrons. The number of nitrogens with one attached hydrogen (secondary N) is 1. The zero-order valence-corrected chi connectivity index (χ0v) is 11.1. The highest BCUT2D eigenvalue weighted by atomic mass is 16.5. The summed E-state index contributed by atoms with van der Waals surface area (Å²) in [5, 5.41) is 3.49. The van der Waals surface area contributed by atoms with Crippen LogP contribution in [0.5, 0.6) is 5.75 Å². The summed E-state index contributed by atoms with van der Waals surface area (Å²) in [5.41, 5.74) is 2.43. The van der Waals surface area contributed by atoms with Gasteiger partial charge in [0.15, 0.2) is 0 Å². The summed E-state index contributed by atoms with van der Waals surface area (Å²) in [5.74, 6) is 1.71. The van der Waals surface area contributed by atoms with Gasteiger partial charge in [-0.1, -0.05) is 11.6 Å². The summed E-state index contributed by atoms with van der Waals surface area (Å²) in [7, 11) is 1.72. The Kier molecular flexibility index (Phi) is 3.27. The first-order chi connectivity index (χ1) is 8.78. The normalized spacial score (nSPS) is 28.1. The lowest BCUT2D eigenvalue weighted by molar-refractivity contribution is -0.0501. The van der Waals surface area contributed by atoms with Gasteiger partial charge in [-0.25, -0.2) is 0 Å². The number of hydrogen-bond donors (Lipinski definition) is 1. The van der Waals surface area contributed by atoms with Crippen molar-refractivity contribution in [3.8, 4) is 5.75 Å². The quantitative estimate of drug-likeness (QED) is 0.890. The Labute approximate surface area is 108 Å². The van der Waals surface area contributed by atoms with Crippen molar-refractivity contribution in [3.05, 3.63) is 29.3 Å². The molecule has 1 aliphatic carbocycles. The third-order valence-corrected chi connectivity index (χ3v) is 3.89. The van der Waals surface area contributed by atoms with Gasteiger partial charge in [0.2, 0.25) is 0 Å². The molecule has 0 radical (unpaired) electrons. The van der Waals surface area contributed by atoms with Gasteiger partial charge in [0.05, 0.1) is 19.3 Å². The van der Waals surface area contributed by atoms with E-state index in [4.69, 9.17) is 9.47 Å². The SMILES string of the molecule is COc1ccc(C)cc1C1CNCC(C2CC2)O1. The average molecular weight is 247 g/mol. The van der Waals surface area contributed by atoms with E-state index < -0.39 is 0 Å². The van der Waals surface area contributed by atoms with Crippen molar-refractivity contribution in [1.29, 1.82) is 0 Å². The number of aryl methyl sites for hydroxylation is 1. The van der Waals surface area contributed by atoms with E-state index in [1.165, 1.54) is 24.0 Å². The Morgan fingerprint density at radius 2 is 2.11 bits per heavy atom. The topological polar surface area (TPSA) is 30.5 Å². The standard InChI is InChI=1S/C15H21NO2/c1-10-3-6-13(17-2)12(7-10)15-9-16-8-14(18-15)11-4-5-11/h3,6-7,11,14-16H,4-5,8-9H2,1-2H3. The van der Waals surface area contributed by atoms with Crippen molar-refractivity contribution in [2.75, 3.05) is 20.2 Å². The molecule has 18 heavy (non-hydrogen) atoms. The smallest absolute Gasteiger partial charge is 0.124 e. The van der Waals surface area contributed by atoms with E-state index in [2.05, 4.69) is 24.4 Å². The third-order valence-electron chi connectivity index (χ3n) is 3.89. The highest BCUT2D eigenvalue weighted by Gasteiger charge is 2.36. The molecule has 1 saturated heterocycles. The van der Waals surface area contributed by atoms with Crippen molar-refractivity contribution >= 4 is 0 Å². The number of rotatable bonds is 3. The molecular weight excluding hydrogens is 226 g/mol. The zero-order chi connectivity index (χ0) is 12.5. The van der Waals surface area contributed by atoms with Crippen molar-refractivity contribution in [1.82, 2.24) is 5.32 Å². The minimum absolute atomic E-state index is 0.124. The molecule has 1 N–H and O–H groups in total. The molecule has 0 spiro atoms. The largest absolute Gasteiger partial charge is 0.496 e. The predicted octanol–water partition coefficient (Wildman–Crippen LogP) is 2.44. The molecule has 2 unspecified atom stereocenters. The van der Waals surface area contributed by atoms with Gasteiger partial charge in [0, 0.05) is 18.7 Å². The summed E-state index contributed by atoms with van der Waals surface area (Å²) in [4.78, 5) is 0. The van der Waals surface area contributed by atoms with Crippen LogP contribution in [0.15, 0.2) is 18.2 Å². The summed E-state index contributed by atoms with van der Waals surface area (Å²) in [6.07, 6.45) is 3.15. The summed E-state index contributed by atoms with van der Waals surface area (Å²) < 4.78 is 11.7. The van der Waals surface area contributed by atoms with Gasteiger partial charge in [-0.05, 0) is 37.8 Å². The Hall–Kier alpha value is -1.06. The third kappa shape index (κ3) is 2.38. The molecule has 3 rings (SSSR count). The lowest BCUT2D eigenvalue weighted by Crippen LogP contribution is -2.41. The van der Waals surface area contributed by atoms with Crippen LogP contribution >= 0.6 is 0 Å². The molecule has 0 amide bonds. The second kappa shape index (κ2) is 4.90. The van der Waals surface area contributed by atoms with Gasteiger partial charge < -0.3 is 14.8 Å². The molecular formula is C15H21NO2. The van der Waals surface area contributed by atoms with Crippen molar-refractivity contribution in [2.24, 2.45) is 5.92 Å². The molecule has 0 aromatic heterocycles. The summed E-state index contributed by atoms with van der Waals surface area (Å²) >= 11 is 0. The zero-order valence-electron chi connectivity index (χ0n) is 11.1. The molecule has 1 heterocycles.